The van der Waals surface area contributed by atoms with Crippen molar-refractivity contribution in [3.8, 4) is 17.2 Å². The topological polar surface area (TPSA) is 73.9 Å². The Morgan fingerprint density at radius 1 is 1.38 bits per heavy atom. The predicted molar refractivity (Wildman–Crippen MR) is 58.0 cm³/mol. The number of hydrogen-bond acceptors (Lipinski definition) is 5. The van der Waals surface area contributed by atoms with Crippen molar-refractivity contribution in [3.05, 3.63) is 17.7 Å². The molecule has 1 aliphatic heterocycles. The highest BCUT2D eigenvalue weighted by atomic mass is 16.5. The lowest BCUT2D eigenvalue weighted by Gasteiger charge is -2.29. The third-order valence-electron chi connectivity index (χ3n) is 2.69. The van der Waals surface area contributed by atoms with Crippen molar-refractivity contribution in [3.63, 3.8) is 0 Å². The average Bonchev–Trinajstić information content (AvgIpc) is 2.32. The minimum absolute atomic E-state index is 0.185. The van der Waals surface area contributed by atoms with Crippen LogP contribution in [0.25, 0.3) is 0 Å². The van der Waals surface area contributed by atoms with E-state index in [2.05, 4.69) is 0 Å². The van der Waals surface area contributed by atoms with Gasteiger partial charge in [0.2, 0.25) is 0 Å². The summed E-state index contributed by atoms with van der Waals surface area (Å²) >= 11 is 0. The molecule has 1 aromatic carbocycles. The van der Waals surface area contributed by atoms with Crippen molar-refractivity contribution >= 4 is 0 Å². The molecule has 3 N–H and O–H groups in total. The minimum Gasteiger partial charge on any atom is -0.496 e. The number of ether oxygens (including phenoxy) is 3. The van der Waals surface area contributed by atoms with Crippen molar-refractivity contribution in [1.82, 2.24) is 0 Å². The molecule has 0 aliphatic carbocycles. The van der Waals surface area contributed by atoms with Gasteiger partial charge in [-0.15, -0.1) is 0 Å². The molecular formula is C11H15NO4. The SMILES string of the molecule is COc1cc(OC)c2c(c1)OCC(O)C2N. The monoisotopic (exact) mass is 225 g/mol. The fraction of sp³-hybridized carbons (Fsp3) is 0.455. The highest BCUT2D eigenvalue weighted by Gasteiger charge is 2.30. The fourth-order valence-electron chi connectivity index (χ4n) is 1.78. The number of hydrogen-bond donors (Lipinski definition) is 2. The van der Waals surface area contributed by atoms with Gasteiger partial charge in [0, 0.05) is 12.1 Å². The van der Waals surface area contributed by atoms with Crippen LogP contribution in [0.2, 0.25) is 0 Å². The number of fused-ring (bicyclic) bond motifs is 1. The van der Waals surface area contributed by atoms with Crippen molar-refractivity contribution in [2.24, 2.45) is 5.73 Å². The van der Waals surface area contributed by atoms with Gasteiger partial charge in [-0.2, -0.15) is 0 Å². The molecular weight excluding hydrogens is 210 g/mol. The highest BCUT2D eigenvalue weighted by Crippen LogP contribution is 2.41. The first-order valence-corrected chi connectivity index (χ1v) is 4.99. The lowest BCUT2D eigenvalue weighted by Crippen LogP contribution is -2.36. The summed E-state index contributed by atoms with van der Waals surface area (Å²) in [7, 11) is 3.11. The largest absolute Gasteiger partial charge is 0.496 e. The van der Waals surface area contributed by atoms with Crippen LogP contribution in [0.4, 0.5) is 0 Å². The van der Waals surface area contributed by atoms with Gasteiger partial charge in [-0.25, -0.2) is 0 Å². The Kier molecular flexibility index (Phi) is 2.89. The van der Waals surface area contributed by atoms with E-state index < -0.39 is 12.1 Å². The summed E-state index contributed by atoms with van der Waals surface area (Å²) in [5.74, 6) is 1.81. The zero-order valence-corrected chi connectivity index (χ0v) is 9.27. The van der Waals surface area contributed by atoms with E-state index in [1.54, 1.807) is 26.4 Å². The molecule has 0 saturated heterocycles. The maximum absolute atomic E-state index is 9.63. The normalized spacial score (nSPS) is 23.2. The van der Waals surface area contributed by atoms with Crippen LogP contribution in [0.5, 0.6) is 17.2 Å². The summed E-state index contributed by atoms with van der Waals surface area (Å²) in [6.45, 7) is 0.185. The number of benzene rings is 1. The smallest absolute Gasteiger partial charge is 0.131 e. The second-order valence-electron chi connectivity index (χ2n) is 3.65. The molecule has 1 aromatic rings. The molecule has 1 aliphatic rings. The van der Waals surface area contributed by atoms with Crippen LogP contribution in [-0.4, -0.2) is 32.0 Å². The number of methoxy groups -OCH3 is 2. The molecule has 0 radical (unpaired) electrons. The van der Waals surface area contributed by atoms with E-state index in [1.807, 2.05) is 0 Å². The van der Waals surface area contributed by atoms with Crippen LogP contribution in [0.15, 0.2) is 12.1 Å². The molecule has 0 bridgehead atoms. The van der Waals surface area contributed by atoms with E-state index in [9.17, 15) is 5.11 Å². The Balaban J connectivity index is 2.52. The van der Waals surface area contributed by atoms with Gasteiger partial charge in [0.05, 0.1) is 25.8 Å². The van der Waals surface area contributed by atoms with E-state index >= 15 is 0 Å². The third-order valence-corrected chi connectivity index (χ3v) is 2.69. The maximum Gasteiger partial charge on any atom is 0.131 e. The quantitative estimate of drug-likeness (QED) is 0.764. The summed E-state index contributed by atoms with van der Waals surface area (Å²) in [5.41, 5.74) is 6.59. The van der Waals surface area contributed by atoms with Gasteiger partial charge in [-0.3, -0.25) is 0 Å². The molecule has 0 spiro atoms. The molecule has 88 valence electrons. The molecule has 1 heterocycles. The molecule has 2 rings (SSSR count). The predicted octanol–water partition coefficient (Wildman–Crippen LogP) is 0.457. The van der Waals surface area contributed by atoms with Crippen molar-refractivity contribution in [2.45, 2.75) is 12.1 Å². The first-order chi connectivity index (χ1) is 7.67. The van der Waals surface area contributed by atoms with Gasteiger partial charge >= 0.3 is 0 Å². The molecule has 5 nitrogen and oxygen atoms in total. The van der Waals surface area contributed by atoms with Crippen molar-refractivity contribution in [1.29, 1.82) is 0 Å². The zero-order valence-electron chi connectivity index (χ0n) is 9.27. The molecule has 0 aromatic heterocycles. The lowest BCUT2D eigenvalue weighted by atomic mass is 9.98. The molecule has 2 atom stereocenters. The summed E-state index contributed by atoms with van der Waals surface area (Å²) in [6.07, 6.45) is -0.713. The first kappa shape index (κ1) is 11.0. The second-order valence-corrected chi connectivity index (χ2v) is 3.65. The Labute approximate surface area is 93.7 Å². The van der Waals surface area contributed by atoms with Crippen molar-refractivity contribution in [2.75, 3.05) is 20.8 Å². The van der Waals surface area contributed by atoms with Gasteiger partial charge in [0.1, 0.15) is 30.0 Å². The van der Waals surface area contributed by atoms with Gasteiger partial charge in [0.15, 0.2) is 0 Å². The fourth-order valence-corrected chi connectivity index (χ4v) is 1.78. The standard InChI is InChI=1S/C11H15NO4/c1-14-6-3-8(15-2)10-9(4-6)16-5-7(13)11(10)12/h3-4,7,11,13H,5,12H2,1-2H3. The van der Waals surface area contributed by atoms with Crippen molar-refractivity contribution < 1.29 is 19.3 Å². The van der Waals surface area contributed by atoms with Crippen LogP contribution < -0.4 is 19.9 Å². The second kappa shape index (κ2) is 4.19. The molecule has 0 amide bonds. The molecule has 0 fully saturated rings. The van der Waals surface area contributed by atoms with Gasteiger partial charge in [-0.1, -0.05) is 0 Å². The van der Waals surface area contributed by atoms with Crippen LogP contribution in [-0.2, 0) is 0 Å². The Bertz CT molecular complexity index is 377. The highest BCUT2D eigenvalue weighted by molar-refractivity contribution is 5.53. The zero-order chi connectivity index (χ0) is 11.7. The first-order valence-electron chi connectivity index (χ1n) is 4.99. The summed E-state index contributed by atoms with van der Waals surface area (Å²) in [4.78, 5) is 0. The average molecular weight is 225 g/mol. The van der Waals surface area contributed by atoms with Crippen LogP contribution in [0, 0.1) is 0 Å². The molecule has 2 unspecified atom stereocenters. The minimum atomic E-state index is -0.713. The van der Waals surface area contributed by atoms with Gasteiger partial charge in [-0.05, 0) is 0 Å². The number of nitrogens with two attached hydrogens (primary N) is 1. The van der Waals surface area contributed by atoms with E-state index in [0.29, 0.717) is 22.8 Å². The molecule has 16 heavy (non-hydrogen) atoms. The van der Waals surface area contributed by atoms with Gasteiger partial charge in [0.25, 0.3) is 0 Å². The molecule has 0 saturated carbocycles. The van der Waals surface area contributed by atoms with E-state index in [-0.39, 0.29) is 6.61 Å². The number of rotatable bonds is 2. The Morgan fingerprint density at radius 2 is 2.12 bits per heavy atom. The van der Waals surface area contributed by atoms with E-state index in [0.717, 1.165) is 0 Å². The third kappa shape index (κ3) is 1.68. The molecule has 5 heteroatoms. The van der Waals surface area contributed by atoms with Gasteiger partial charge < -0.3 is 25.1 Å². The summed E-state index contributed by atoms with van der Waals surface area (Å²) < 4.78 is 15.7. The Morgan fingerprint density at radius 3 is 2.75 bits per heavy atom. The number of aliphatic hydroxyl groups is 1. The number of aliphatic hydroxyl groups excluding tert-OH is 1. The van der Waals surface area contributed by atoms with Crippen LogP contribution >= 0.6 is 0 Å². The summed E-state index contributed by atoms with van der Waals surface area (Å²) in [6, 6.07) is 2.97. The van der Waals surface area contributed by atoms with Crippen LogP contribution in [0.1, 0.15) is 11.6 Å². The van der Waals surface area contributed by atoms with E-state index in [4.69, 9.17) is 19.9 Å². The van der Waals surface area contributed by atoms with Crippen LogP contribution in [0.3, 0.4) is 0 Å². The Hall–Kier alpha value is -1.46. The lowest BCUT2D eigenvalue weighted by molar-refractivity contribution is 0.0662. The maximum atomic E-state index is 9.63. The summed E-state index contributed by atoms with van der Waals surface area (Å²) in [5, 5.41) is 9.63. The van der Waals surface area contributed by atoms with E-state index in [1.165, 1.54) is 0 Å².